The second kappa shape index (κ2) is 8.41. The van der Waals surface area contributed by atoms with Crippen molar-refractivity contribution in [3.8, 4) is 17.2 Å². The van der Waals surface area contributed by atoms with Gasteiger partial charge in [0.15, 0.2) is 0 Å². The minimum absolute atomic E-state index is 0.0834. The fourth-order valence-corrected chi connectivity index (χ4v) is 3.88. The zero-order valence-electron chi connectivity index (χ0n) is 15.5. The summed E-state index contributed by atoms with van der Waals surface area (Å²) in [7, 11) is -2.33. The Morgan fingerprint density at radius 3 is 2.43 bits per heavy atom. The van der Waals surface area contributed by atoms with Gasteiger partial charge >= 0.3 is 0 Å². The van der Waals surface area contributed by atoms with Crippen LogP contribution in [0.15, 0.2) is 71.6 Å². The number of methoxy groups -OCH3 is 1. The highest BCUT2D eigenvalue weighted by molar-refractivity contribution is 7.89. The van der Waals surface area contributed by atoms with Crippen LogP contribution in [0.3, 0.4) is 0 Å². The Balaban J connectivity index is 1.74. The molecule has 0 spiro atoms. The van der Waals surface area contributed by atoms with Crippen molar-refractivity contribution in [1.82, 2.24) is 4.72 Å². The molecule has 146 valence electrons. The van der Waals surface area contributed by atoms with Gasteiger partial charge in [0.25, 0.3) is 0 Å². The lowest BCUT2D eigenvalue weighted by Crippen LogP contribution is -2.23. The maximum absolute atomic E-state index is 13.0. The van der Waals surface area contributed by atoms with E-state index in [-0.39, 0.29) is 23.0 Å². The highest BCUT2D eigenvalue weighted by Crippen LogP contribution is 2.26. The van der Waals surface area contributed by atoms with Gasteiger partial charge in [0, 0.05) is 6.54 Å². The fraction of sp³-hybridized carbons (Fsp3) is 0.143. The highest BCUT2D eigenvalue weighted by atomic mass is 32.2. The van der Waals surface area contributed by atoms with Crippen molar-refractivity contribution in [3.05, 3.63) is 83.7 Å². The van der Waals surface area contributed by atoms with Crippen LogP contribution in [0.2, 0.25) is 0 Å². The molecular weight excluding hydrogens is 381 g/mol. The Hall–Kier alpha value is -2.90. The van der Waals surface area contributed by atoms with Gasteiger partial charge in [-0.25, -0.2) is 17.5 Å². The van der Waals surface area contributed by atoms with Crippen LogP contribution in [-0.4, -0.2) is 15.5 Å². The quantitative estimate of drug-likeness (QED) is 0.637. The summed E-state index contributed by atoms with van der Waals surface area (Å²) < 4.78 is 51.8. The van der Waals surface area contributed by atoms with Crippen LogP contribution in [0.5, 0.6) is 17.2 Å². The molecule has 0 amide bonds. The summed E-state index contributed by atoms with van der Waals surface area (Å²) in [6, 6.07) is 17.6. The van der Waals surface area contributed by atoms with Gasteiger partial charge in [0.1, 0.15) is 28.0 Å². The molecule has 3 rings (SSSR count). The standard InChI is InChI=1S/C21H20FNO4S/c1-15-6-11-20(26-2)21(12-15)28(24,25)23-14-16-4-3-5-19(13-16)27-18-9-7-17(22)8-10-18/h3-13,23H,14H2,1-2H3. The molecule has 3 aromatic rings. The summed E-state index contributed by atoms with van der Waals surface area (Å²) in [5.74, 6) is 0.952. The molecule has 1 N–H and O–H groups in total. The van der Waals surface area contributed by atoms with Gasteiger partial charge in [0.2, 0.25) is 10.0 Å². The van der Waals surface area contributed by atoms with Gasteiger partial charge in [-0.3, -0.25) is 0 Å². The second-order valence-electron chi connectivity index (χ2n) is 6.18. The lowest BCUT2D eigenvalue weighted by Gasteiger charge is -2.12. The molecule has 0 heterocycles. The van der Waals surface area contributed by atoms with Crippen molar-refractivity contribution >= 4 is 10.0 Å². The molecule has 7 heteroatoms. The fourth-order valence-electron chi connectivity index (χ4n) is 2.61. The van der Waals surface area contributed by atoms with E-state index in [2.05, 4.69) is 4.72 Å². The number of hydrogen-bond donors (Lipinski definition) is 1. The molecule has 3 aromatic carbocycles. The van der Waals surface area contributed by atoms with Gasteiger partial charge in [0.05, 0.1) is 7.11 Å². The lowest BCUT2D eigenvalue weighted by molar-refractivity contribution is 0.402. The molecule has 5 nitrogen and oxygen atoms in total. The van der Waals surface area contributed by atoms with Crippen LogP contribution >= 0.6 is 0 Å². The normalized spacial score (nSPS) is 11.2. The maximum atomic E-state index is 13.0. The topological polar surface area (TPSA) is 64.6 Å². The summed E-state index contributed by atoms with van der Waals surface area (Å²) in [5.41, 5.74) is 1.53. The van der Waals surface area contributed by atoms with Crippen molar-refractivity contribution in [2.24, 2.45) is 0 Å². The number of benzene rings is 3. The van der Waals surface area contributed by atoms with E-state index >= 15 is 0 Å². The molecule has 0 fully saturated rings. The largest absolute Gasteiger partial charge is 0.495 e. The maximum Gasteiger partial charge on any atom is 0.244 e. The van der Waals surface area contributed by atoms with Gasteiger partial charge in [-0.15, -0.1) is 0 Å². The average Bonchev–Trinajstić information content (AvgIpc) is 2.69. The molecule has 0 bridgehead atoms. The minimum Gasteiger partial charge on any atom is -0.495 e. The molecule has 0 unspecified atom stereocenters. The molecule has 0 radical (unpaired) electrons. The van der Waals surface area contributed by atoms with Crippen LogP contribution in [0, 0.1) is 12.7 Å². The monoisotopic (exact) mass is 401 g/mol. The SMILES string of the molecule is COc1ccc(C)cc1S(=O)(=O)NCc1cccc(Oc2ccc(F)cc2)c1. The Labute approximate surface area is 163 Å². The van der Waals surface area contributed by atoms with Crippen LogP contribution < -0.4 is 14.2 Å². The third kappa shape index (κ3) is 4.88. The van der Waals surface area contributed by atoms with Crippen molar-refractivity contribution < 1.29 is 22.3 Å². The number of aryl methyl sites for hydroxylation is 1. The first-order valence-corrected chi connectivity index (χ1v) is 10.0. The number of halogens is 1. The van der Waals surface area contributed by atoms with Crippen LogP contribution in [0.1, 0.15) is 11.1 Å². The van der Waals surface area contributed by atoms with Gasteiger partial charge in [-0.2, -0.15) is 0 Å². The van der Waals surface area contributed by atoms with Crippen molar-refractivity contribution in [3.63, 3.8) is 0 Å². The van der Waals surface area contributed by atoms with E-state index in [0.717, 1.165) is 11.1 Å². The van der Waals surface area contributed by atoms with E-state index < -0.39 is 10.0 Å². The van der Waals surface area contributed by atoms with E-state index in [1.165, 1.54) is 31.4 Å². The third-order valence-electron chi connectivity index (χ3n) is 4.02. The molecule has 0 saturated carbocycles. The predicted molar refractivity (Wildman–Crippen MR) is 105 cm³/mol. The molecule has 0 aromatic heterocycles. The van der Waals surface area contributed by atoms with E-state index in [4.69, 9.17) is 9.47 Å². The van der Waals surface area contributed by atoms with Crippen LogP contribution in [0.4, 0.5) is 4.39 Å². The van der Waals surface area contributed by atoms with Crippen molar-refractivity contribution in [2.45, 2.75) is 18.4 Å². The third-order valence-corrected chi connectivity index (χ3v) is 5.45. The van der Waals surface area contributed by atoms with Crippen LogP contribution in [-0.2, 0) is 16.6 Å². The zero-order chi connectivity index (χ0) is 20.1. The second-order valence-corrected chi connectivity index (χ2v) is 7.92. The summed E-state index contributed by atoms with van der Waals surface area (Å²) in [5, 5.41) is 0. The Morgan fingerprint density at radius 1 is 0.964 bits per heavy atom. The van der Waals surface area contributed by atoms with Crippen molar-refractivity contribution in [2.75, 3.05) is 7.11 Å². The number of rotatable bonds is 7. The summed E-state index contributed by atoms with van der Waals surface area (Å²) in [6.45, 7) is 1.90. The number of hydrogen-bond acceptors (Lipinski definition) is 4. The summed E-state index contributed by atoms with van der Waals surface area (Å²) in [6.07, 6.45) is 0. The average molecular weight is 401 g/mol. The first-order valence-electron chi connectivity index (χ1n) is 8.54. The first kappa shape index (κ1) is 19.9. The van der Waals surface area contributed by atoms with E-state index in [1.54, 1.807) is 42.5 Å². The van der Waals surface area contributed by atoms with Crippen LogP contribution in [0.25, 0.3) is 0 Å². The van der Waals surface area contributed by atoms with Gasteiger partial charge in [-0.05, 0) is 66.6 Å². The summed E-state index contributed by atoms with van der Waals surface area (Å²) >= 11 is 0. The number of nitrogens with one attached hydrogen (secondary N) is 1. The number of sulfonamides is 1. The lowest BCUT2D eigenvalue weighted by atomic mass is 10.2. The minimum atomic E-state index is -3.76. The van der Waals surface area contributed by atoms with E-state index in [0.29, 0.717) is 11.5 Å². The molecule has 0 aliphatic rings. The van der Waals surface area contributed by atoms with Crippen molar-refractivity contribution in [1.29, 1.82) is 0 Å². The van der Waals surface area contributed by atoms with E-state index in [1.807, 2.05) is 6.92 Å². The van der Waals surface area contributed by atoms with E-state index in [9.17, 15) is 12.8 Å². The first-order chi connectivity index (χ1) is 13.4. The Kier molecular flexibility index (Phi) is 5.96. The Bertz CT molecular complexity index is 1070. The van der Waals surface area contributed by atoms with Gasteiger partial charge in [-0.1, -0.05) is 18.2 Å². The molecule has 0 atom stereocenters. The smallest absolute Gasteiger partial charge is 0.244 e. The molecular formula is C21H20FNO4S. The predicted octanol–water partition coefficient (Wildman–Crippen LogP) is 4.41. The molecule has 28 heavy (non-hydrogen) atoms. The molecule has 0 aliphatic heterocycles. The zero-order valence-corrected chi connectivity index (χ0v) is 16.3. The Morgan fingerprint density at radius 2 is 1.71 bits per heavy atom. The molecule has 0 saturated heterocycles. The number of ether oxygens (including phenoxy) is 2. The summed E-state index contributed by atoms with van der Waals surface area (Å²) in [4.78, 5) is 0.0914. The highest BCUT2D eigenvalue weighted by Gasteiger charge is 2.19. The molecule has 0 aliphatic carbocycles. The van der Waals surface area contributed by atoms with Gasteiger partial charge < -0.3 is 9.47 Å².